The minimum Gasteiger partial charge on any atom is -0.459 e. The monoisotopic (exact) mass is 481 g/mol. The van der Waals surface area contributed by atoms with Crippen molar-refractivity contribution in [2.45, 2.75) is 31.7 Å². The van der Waals surface area contributed by atoms with Crippen LogP contribution in [0.15, 0.2) is 85.2 Å². The van der Waals surface area contributed by atoms with E-state index in [2.05, 4.69) is 9.97 Å². The van der Waals surface area contributed by atoms with Gasteiger partial charge in [0, 0.05) is 17.2 Å². The number of halogens is 4. The van der Waals surface area contributed by atoms with Gasteiger partial charge in [-0.25, -0.2) is 9.37 Å². The molecule has 4 aromatic rings. The molecule has 3 aromatic carbocycles. The summed E-state index contributed by atoms with van der Waals surface area (Å²) in [5, 5.41) is 0. The molecule has 0 spiro atoms. The Morgan fingerprint density at radius 1 is 0.886 bits per heavy atom. The molecule has 0 saturated carbocycles. The molecule has 180 valence electrons. The van der Waals surface area contributed by atoms with Crippen LogP contribution in [0.5, 0.6) is 5.88 Å². The zero-order valence-electron chi connectivity index (χ0n) is 18.8. The van der Waals surface area contributed by atoms with Crippen molar-refractivity contribution in [2.24, 2.45) is 5.73 Å². The highest BCUT2D eigenvalue weighted by atomic mass is 19.4. The van der Waals surface area contributed by atoms with Crippen LogP contribution in [0.25, 0.3) is 22.4 Å². The van der Waals surface area contributed by atoms with Crippen molar-refractivity contribution in [1.29, 1.82) is 0 Å². The van der Waals surface area contributed by atoms with E-state index in [0.29, 0.717) is 28.8 Å². The van der Waals surface area contributed by atoms with Crippen molar-refractivity contribution in [2.75, 3.05) is 0 Å². The number of hydrogen-bond donors (Lipinski definition) is 1. The molecule has 1 aromatic heterocycles. The SMILES string of the molecule is C[C@H](N)Cc1ccc(-c2cncc(OC(c3cccc(-c4cccc(F)c4)c3)C(F)(F)F)n2)cc1. The number of rotatable bonds is 7. The highest BCUT2D eigenvalue weighted by Gasteiger charge is 2.43. The minimum absolute atomic E-state index is 0.0103. The summed E-state index contributed by atoms with van der Waals surface area (Å²) in [6.07, 6.45) is -3.70. The lowest BCUT2D eigenvalue weighted by Crippen LogP contribution is -2.26. The van der Waals surface area contributed by atoms with Crippen molar-refractivity contribution in [3.8, 4) is 28.3 Å². The molecule has 0 aliphatic heterocycles. The second-order valence-corrected chi connectivity index (χ2v) is 8.30. The van der Waals surface area contributed by atoms with Gasteiger partial charge in [-0.2, -0.15) is 13.2 Å². The van der Waals surface area contributed by atoms with Gasteiger partial charge in [0.2, 0.25) is 12.0 Å². The molecule has 4 rings (SSSR count). The molecule has 1 heterocycles. The van der Waals surface area contributed by atoms with E-state index in [1.807, 2.05) is 31.2 Å². The van der Waals surface area contributed by atoms with Crippen LogP contribution in [0.1, 0.15) is 24.2 Å². The maximum Gasteiger partial charge on any atom is 0.429 e. The molecule has 0 saturated heterocycles. The zero-order valence-corrected chi connectivity index (χ0v) is 18.8. The van der Waals surface area contributed by atoms with Gasteiger partial charge in [0.15, 0.2) is 0 Å². The zero-order chi connectivity index (χ0) is 25.0. The number of aromatic nitrogens is 2. The fourth-order valence-electron chi connectivity index (χ4n) is 3.72. The Labute approximate surface area is 200 Å². The lowest BCUT2D eigenvalue weighted by Gasteiger charge is -2.22. The maximum absolute atomic E-state index is 14.0. The molecule has 2 N–H and O–H groups in total. The summed E-state index contributed by atoms with van der Waals surface area (Å²) in [5.41, 5.74) is 8.70. The smallest absolute Gasteiger partial charge is 0.429 e. The summed E-state index contributed by atoms with van der Waals surface area (Å²) < 4.78 is 61.0. The molecule has 0 aliphatic rings. The summed E-state index contributed by atoms with van der Waals surface area (Å²) in [5.74, 6) is -0.741. The first-order valence-corrected chi connectivity index (χ1v) is 11.0. The highest BCUT2D eigenvalue weighted by molar-refractivity contribution is 5.64. The van der Waals surface area contributed by atoms with Crippen LogP contribution < -0.4 is 10.5 Å². The summed E-state index contributed by atoms with van der Waals surface area (Å²) in [7, 11) is 0. The molecule has 35 heavy (non-hydrogen) atoms. The molecular weight excluding hydrogens is 458 g/mol. The number of nitrogens with zero attached hydrogens (tertiary/aromatic N) is 2. The summed E-state index contributed by atoms with van der Waals surface area (Å²) in [6, 6.07) is 18.8. The molecule has 0 amide bonds. The number of hydrogen-bond acceptors (Lipinski definition) is 4. The largest absolute Gasteiger partial charge is 0.459 e. The van der Waals surface area contributed by atoms with E-state index >= 15 is 0 Å². The van der Waals surface area contributed by atoms with Crippen LogP contribution in [-0.4, -0.2) is 22.2 Å². The predicted octanol–water partition coefficient (Wildman–Crippen LogP) is 6.52. The average molecular weight is 481 g/mol. The molecule has 1 unspecified atom stereocenters. The third kappa shape index (κ3) is 6.22. The maximum atomic E-state index is 14.0. The van der Waals surface area contributed by atoms with Gasteiger partial charge in [-0.05, 0) is 48.2 Å². The second-order valence-electron chi connectivity index (χ2n) is 8.30. The highest BCUT2D eigenvalue weighted by Crippen LogP contribution is 2.38. The molecule has 0 aliphatic carbocycles. The topological polar surface area (TPSA) is 61.0 Å². The Bertz CT molecular complexity index is 1290. The molecule has 0 bridgehead atoms. The Hall–Kier alpha value is -3.78. The Morgan fingerprint density at radius 2 is 1.57 bits per heavy atom. The molecule has 0 fully saturated rings. The van der Waals surface area contributed by atoms with E-state index in [0.717, 1.165) is 11.8 Å². The fraction of sp³-hybridized carbons (Fsp3) is 0.185. The molecule has 2 atom stereocenters. The number of benzene rings is 3. The van der Waals surface area contributed by atoms with Crippen molar-refractivity contribution >= 4 is 0 Å². The molecular formula is C27H23F4N3O. The normalized spacial score (nSPS) is 13.3. The first-order valence-electron chi connectivity index (χ1n) is 11.0. The fourth-order valence-corrected chi connectivity index (χ4v) is 3.72. The lowest BCUT2D eigenvalue weighted by atomic mass is 10.0. The van der Waals surface area contributed by atoms with E-state index in [1.54, 1.807) is 12.1 Å². The van der Waals surface area contributed by atoms with Crippen LogP contribution >= 0.6 is 0 Å². The van der Waals surface area contributed by atoms with Crippen LogP contribution in [0, 0.1) is 5.82 Å². The minimum atomic E-state index is -4.72. The third-order valence-electron chi connectivity index (χ3n) is 5.30. The Morgan fingerprint density at radius 3 is 2.23 bits per heavy atom. The van der Waals surface area contributed by atoms with E-state index < -0.39 is 18.1 Å². The standard InChI is InChI=1S/C27H23F4N3O/c1-17(32)12-18-8-10-19(11-9-18)24-15-33-16-25(34-24)35-26(27(29,30)31)22-6-2-4-20(13-22)21-5-3-7-23(28)14-21/h2-11,13-17,26H,12,32H2,1H3/t17-,26?/m0/s1. The summed E-state index contributed by atoms with van der Waals surface area (Å²) in [4.78, 5) is 8.26. The number of nitrogens with two attached hydrogens (primary N) is 1. The van der Waals surface area contributed by atoms with Gasteiger partial charge in [-0.3, -0.25) is 4.98 Å². The second kappa shape index (κ2) is 10.2. The Kier molecular flexibility index (Phi) is 7.12. The van der Waals surface area contributed by atoms with Gasteiger partial charge in [0.25, 0.3) is 0 Å². The Balaban J connectivity index is 1.62. The van der Waals surface area contributed by atoms with Crippen LogP contribution in [0.3, 0.4) is 0 Å². The number of ether oxygens (including phenoxy) is 1. The van der Waals surface area contributed by atoms with E-state index in [1.165, 1.54) is 42.6 Å². The van der Waals surface area contributed by atoms with Gasteiger partial charge in [-0.1, -0.05) is 54.6 Å². The van der Waals surface area contributed by atoms with Gasteiger partial charge < -0.3 is 10.5 Å². The first kappa shape index (κ1) is 24.3. The van der Waals surface area contributed by atoms with Gasteiger partial charge in [0.1, 0.15) is 5.82 Å². The molecule has 0 radical (unpaired) electrons. The molecule has 8 heteroatoms. The van der Waals surface area contributed by atoms with Crippen LogP contribution in [0.4, 0.5) is 17.6 Å². The number of alkyl halides is 3. The van der Waals surface area contributed by atoms with Crippen LogP contribution in [0.2, 0.25) is 0 Å². The van der Waals surface area contributed by atoms with Crippen molar-refractivity contribution in [3.05, 3.63) is 102 Å². The van der Waals surface area contributed by atoms with Crippen LogP contribution in [-0.2, 0) is 6.42 Å². The van der Waals surface area contributed by atoms with E-state index in [9.17, 15) is 17.6 Å². The van der Waals surface area contributed by atoms with Gasteiger partial charge in [-0.15, -0.1) is 0 Å². The van der Waals surface area contributed by atoms with Crippen molar-refractivity contribution in [1.82, 2.24) is 9.97 Å². The molecule has 4 nitrogen and oxygen atoms in total. The average Bonchev–Trinajstić information content (AvgIpc) is 2.82. The quantitative estimate of drug-likeness (QED) is 0.305. The first-order chi connectivity index (χ1) is 16.7. The summed E-state index contributed by atoms with van der Waals surface area (Å²) >= 11 is 0. The predicted molar refractivity (Wildman–Crippen MR) is 126 cm³/mol. The summed E-state index contributed by atoms with van der Waals surface area (Å²) in [6.45, 7) is 1.91. The van der Waals surface area contributed by atoms with Gasteiger partial charge in [0.05, 0.1) is 18.1 Å². The van der Waals surface area contributed by atoms with E-state index in [4.69, 9.17) is 10.5 Å². The van der Waals surface area contributed by atoms with E-state index in [-0.39, 0.29) is 17.5 Å². The lowest BCUT2D eigenvalue weighted by molar-refractivity contribution is -0.198. The van der Waals surface area contributed by atoms with Gasteiger partial charge >= 0.3 is 6.18 Å². The van der Waals surface area contributed by atoms with Crippen molar-refractivity contribution in [3.63, 3.8) is 0 Å². The van der Waals surface area contributed by atoms with Crippen molar-refractivity contribution < 1.29 is 22.3 Å². The third-order valence-corrected chi connectivity index (χ3v) is 5.30.